The van der Waals surface area contributed by atoms with Gasteiger partial charge in [0.25, 0.3) is 0 Å². The predicted molar refractivity (Wildman–Crippen MR) is 85.7 cm³/mol. The highest BCUT2D eigenvalue weighted by Gasteiger charge is 2.21. The van der Waals surface area contributed by atoms with Gasteiger partial charge in [0.1, 0.15) is 0 Å². The molecular weight excluding hydrogens is 272 g/mol. The summed E-state index contributed by atoms with van der Waals surface area (Å²) in [6, 6.07) is 6.29. The number of benzene rings is 1. The van der Waals surface area contributed by atoms with Gasteiger partial charge in [0.05, 0.1) is 6.10 Å². The van der Waals surface area contributed by atoms with Gasteiger partial charge in [-0.1, -0.05) is 17.7 Å². The quantitative estimate of drug-likeness (QED) is 0.906. The molecule has 1 fully saturated rings. The first-order chi connectivity index (χ1) is 9.60. The third-order valence-electron chi connectivity index (χ3n) is 3.77. The standard InChI is InChI=1S/C16H25ClN2O/c1-3-20-15-6-8-19(9-7-15)16-11-14(17)5-4-13(16)10-12(2)18/h4-5,11-12,15H,3,6-10,18H2,1-2H3. The number of nitrogens with two attached hydrogens (primary N) is 1. The van der Waals surface area contributed by atoms with Crippen molar-refractivity contribution < 1.29 is 4.74 Å². The summed E-state index contributed by atoms with van der Waals surface area (Å²) in [6.07, 6.45) is 3.46. The largest absolute Gasteiger partial charge is 0.378 e. The lowest BCUT2D eigenvalue weighted by Crippen LogP contribution is -2.37. The van der Waals surface area contributed by atoms with Crippen molar-refractivity contribution in [3.05, 3.63) is 28.8 Å². The Morgan fingerprint density at radius 1 is 1.40 bits per heavy atom. The van der Waals surface area contributed by atoms with Gasteiger partial charge in [-0.05, 0) is 50.8 Å². The van der Waals surface area contributed by atoms with Crippen molar-refractivity contribution in [1.82, 2.24) is 0 Å². The van der Waals surface area contributed by atoms with Crippen LogP contribution in [0, 0.1) is 0 Å². The zero-order valence-electron chi connectivity index (χ0n) is 12.4. The van der Waals surface area contributed by atoms with E-state index >= 15 is 0 Å². The lowest BCUT2D eigenvalue weighted by molar-refractivity contribution is 0.0459. The zero-order chi connectivity index (χ0) is 14.5. The van der Waals surface area contributed by atoms with Gasteiger partial charge in [0.2, 0.25) is 0 Å². The van der Waals surface area contributed by atoms with E-state index in [1.807, 2.05) is 13.0 Å². The van der Waals surface area contributed by atoms with Gasteiger partial charge in [-0.3, -0.25) is 0 Å². The molecular formula is C16H25ClN2O. The van der Waals surface area contributed by atoms with Crippen LogP contribution in [0.5, 0.6) is 0 Å². The van der Waals surface area contributed by atoms with E-state index in [2.05, 4.69) is 24.0 Å². The Balaban J connectivity index is 2.10. The number of anilines is 1. The van der Waals surface area contributed by atoms with Gasteiger partial charge in [0, 0.05) is 36.4 Å². The first-order valence-corrected chi connectivity index (χ1v) is 7.88. The third kappa shape index (κ3) is 4.11. The van der Waals surface area contributed by atoms with Crippen LogP contribution in [0.25, 0.3) is 0 Å². The number of halogens is 1. The topological polar surface area (TPSA) is 38.5 Å². The number of piperidine rings is 1. The second kappa shape index (κ2) is 7.30. The average molecular weight is 297 g/mol. The summed E-state index contributed by atoms with van der Waals surface area (Å²) in [6.45, 7) is 6.95. The molecule has 1 unspecified atom stereocenters. The average Bonchev–Trinajstić information content (AvgIpc) is 2.42. The fourth-order valence-corrected chi connectivity index (χ4v) is 3.02. The highest BCUT2D eigenvalue weighted by Crippen LogP contribution is 2.29. The van der Waals surface area contributed by atoms with E-state index in [1.54, 1.807) is 0 Å². The molecule has 1 atom stereocenters. The van der Waals surface area contributed by atoms with Crippen LogP contribution in [0.1, 0.15) is 32.3 Å². The van der Waals surface area contributed by atoms with Crippen LogP contribution in [0.3, 0.4) is 0 Å². The molecule has 0 spiro atoms. The van der Waals surface area contributed by atoms with Crippen molar-refractivity contribution in [2.45, 2.75) is 45.3 Å². The summed E-state index contributed by atoms with van der Waals surface area (Å²) in [5.74, 6) is 0. The Kier molecular flexibility index (Phi) is 5.70. The maximum atomic E-state index is 6.17. The molecule has 0 aromatic heterocycles. The summed E-state index contributed by atoms with van der Waals surface area (Å²) >= 11 is 6.17. The van der Waals surface area contributed by atoms with Gasteiger partial charge in [-0.15, -0.1) is 0 Å². The van der Waals surface area contributed by atoms with Gasteiger partial charge >= 0.3 is 0 Å². The van der Waals surface area contributed by atoms with Crippen LogP contribution in [0.4, 0.5) is 5.69 Å². The maximum Gasteiger partial charge on any atom is 0.0608 e. The molecule has 2 N–H and O–H groups in total. The summed E-state index contributed by atoms with van der Waals surface area (Å²) < 4.78 is 5.71. The molecule has 1 saturated heterocycles. The molecule has 1 aromatic rings. The van der Waals surface area contributed by atoms with E-state index in [1.165, 1.54) is 11.3 Å². The molecule has 1 aliphatic rings. The van der Waals surface area contributed by atoms with Crippen molar-refractivity contribution in [2.24, 2.45) is 5.73 Å². The van der Waals surface area contributed by atoms with Crippen molar-refractivity contribution in [1.29, 1.82) is 0 Å². The summed E-state index contributed by atoms with van der Waals surface area (Å²) in [4.78, 5) is 2.42. The molecule has 112 valence electrons. The summed E-state index contributed by atoms with van der Waals surface area (Å²) in [5, 5.41) is 0.792. The molecule has 0 radical (unpaired) electrons. The van der Waals surface area contributed by atoms with Crippen molar-refractivity contribution in [2.75, 3.05) is 24.6 Å². The van der Waals surface area contributed by atoms with E-state index in [0.717, 1.165) is 44.0 Å². The van der Waals surface area contributed by atoms with Crippen LogP contribution in [-0.2, 0) is 11.2 Å². The minimum atomic E-state index is 0.163. The molecule has 0 saturated carbocycles. The highest BCUT2D eigenvalue weighted by atomic mass is 35.5. The molecule has 3 nitrogen and oxygen atoms in total. The number of nitrogens with zero attached hydrogens (tertiary/aromatic N) is 1. The Morgan fingerprint density at radius 3 is 2.70 bits per heavy atom. The molecule has 0 amide bonds. The van der Waals surface area contributed by atoms with E-state index in [-0.39, 0.29) is 6.04 Å². The van der Waals surface area contributed by atoms with E-state index < -0.39 is 0 Å². The molecule has 20 heavy (non-hydrogen) atoms. The Hall–Kier alpha value is -0.770. The molecule has 1 heterocycles. The Bertz CT molecular complexity index is 428. The fraction of sp³-hybridized carbons (Fsp3) is 0.625. The van der Waals surface area contributed by atoms with E-state index in [9.17, 15) is 0 Å². The first kappa shape index (κ1) is 15.6. The van der Waals surface area contributed by atoms with E-state index in [0.29, 0.717) is 6.10 Å². The van der Waals surface area contributed by atoms with Gasteiger partial charge in [-0.25, -0.2) is 0 Å². The number of ether oxygens (including phenoxy) is 1. The maximum absolute atomic E-state index is 6.17. The molecule has 2 rings (SSSR count). The Labute approximate surface area is 127 Å². The molecule has 1 aromatic carbocycles. The number of rotatable bonds is 5. The smallest absolute Gasteiger partial charge is 0.0608 e. The Morgan fingerprint density at radius 2 is 2.10 bits per heavy atom. The first-order valence-electron chi connectivity index (χ1n) is 7.50. The normalized spacial score (nSPS) is 18.3. The van der Waals surface area contributed by atoms with E-state index in [4.69, 9.17) is 22.1 Å². The van der Waals surface area contributed by atoms with Crippen LogP contribution in [0.15, 0.2) is 18.2 Å². The summed E-state index contributed by atoms with van der Waals surface area (Å²) in [7, 11) is 0. The second-order valence-corrected chi connectivity index (χ2v) is 6.03. The minimum Gasteiger partial charge on any atom is -0.378 e. The second-order valence-electron chi connectivity index (χ2n) is 5.60. The minimum absolute atomic E-state index is 0.163. The monoisotopic (exact) mass is 296 g/mol. The van der Waals surface area contributed by atoms with Crippen molar-refractivity contribution in [3.8, 4) is 0 Å². The number of hydrogen-bond donors (Lipinski definition) is 1. The summed E-state index contributed by atoms with van der Waals surface area (Å²) in [5.41, 5.74) is 8.48. The lowest BCUT2D eigenvalue weighted by Gasteiger charge is -2.35. The van der Waals surface area contributed by atoms with Gasteiger partial charge in [0.15, 0.2) is 0 Å². The molecule has 0 bridgehead atoms. The third-order valence-corrected chi connectivity index (χ3v) is 4.01. The van der Waals surface area contributed by atoms with Gasteiger partial charge in [-0.2, -0.15) is 0 Å². The van der Waals surface area contributed by atoms with Crippen LogP contribution >= 0.6 is 11.6 Å². The van der Waals surface area contributed by atoms with Crippen molar-refractivity contribution >= 4 is 17.3 Å². The highest BCUT2D eigenvalue weighted by molar-refractivity contribution is 6.30. The van der Waals surface area contributed by atoms with Gasteiger partial charge < -0.3 is 15.4 Å². The molecule has 0 aliphatic carbocycles. The van der Waals surface area contributed by atoms with Crippen molar-refractivity contribution in [3.63, 3.8) is 0 Å². The molecule has 1 aliphatic heterocycles. The molecule has 4 heteroatoms. The SMILES string of the molecule is CCOC1CCN(c2cc(Cl)ccc2CC(C)N)CC1. The lowest BCUT2D eigenvalue weighted by atomic mass is 10.0. The van der Waals surface area contributed by atoms with Crippen LogP contribution < -0.4 is 10.6 Å². The number of hydrogen-bond acceptors (Lipinski definition) is 3. The van der Waals surface area contributed by atoms with Crippen LogP contribution in [-0.4, -0.2) is 31.8 Å². The van der Waals surface area contributed by atoms with Crippen LogP contribution in [0.2, 0.25) is 5.02 Å². The predicted octanol–water partition coefficient (Wildman–Crippen LogP) is 3.24. The fourth-order valence-electron chi connectivity index (χ4n) is 2.85. The zero-order valence-corrected chi connectivity index (χ0v) is 13.2.